The van der Waals surface area contributed by atoms with E-state index in [9.17, 15) is 4.79 Å². The number of nitrogens with two attached hydrogens (primary N) is 2. The van der Waals surface area contributed by atoms with Gasteiger partial charge in [-0.3, -0.25) is 4.79 Å². The molecule has 0 rings (SSSR count). The van der Waals surface area contributed by atoms with Gasteiger partial charge in [0.05, 0.1) is 5.54 Å². The van der Waals surface area contributed by atoms with Crippen LogP contribution in [0.15, 0.2) is 0 Å². The molecule has 0 spiro atoms. The molecule has 0 aliphatic rings. The average Bonchev–Trinajstić information content (AvgIpc) is 2.10. The minimum atomic E-state index is -0.877. The van der Waals surface area contributed by atoms with E-state index in [4.69, 9.17) is 16.6 Å². The number of hydrogen-bond donors (Lipinski definition) is 3. The molecule has 5 heteroatoms. The van der Waals surface area contributed by atoms with Crippen molar-refractivity contribution in [2.75, 3.05) is 18.1 Å². The largest absolute Gasteiger partial charge is 0.396 e. The van der Waals surface area contributed by atoms with Crippen LogP contribution < -0.4 is 11.5 Å². The zero-order valence-corrected chi connectivity index (χ0v) is 9.48. The van der Waals surface area contributed by atoms with Crippen LogP contribution in [0.5, 0.6) is 0 Å². The Labute approximate surface area is 89.4 Å². The summed E-state index contributed by atoms with van der Waals surface area (Å²) < 4.78 is 0. The van der Waals surface area contributed by atoms with E-state index in [1.54, 1.807) is 18.7 Å². The first-order chi connectivity index (χ1) is 6.50. The number of rotatable bonds is 8. The molecule has 0 fully saturated rings. The molecule has 0 bridgehead atoms. The van der Waals surface area contributed by atoms with Gasteiger partial charge in [-0.1, -0.05) is 0 Å². The Hall–Kier alpha value is -0.260. The molecule has 0 aliphatic carbocycles. The summed E-state index contributed by atoms with van der Waals surface area (Å²) in [6.07, 6.45) is 2.32. The van der Waals surface area contributed by atoms with E-state index in [1.807, 2.05) is 0 Å². The Morgan fingerprint density at radius 1 is 1.43 bits per heavy atom. The Morgan fingerprint density at radius 2 is 2.00 bits per heavy atom. The molecule has 0 radical (unpaired) electrons. The maximum Gasteiger partial charge on any atom is 0.237 e. The number of carbonyl (C=O) groups excluding carboxylic acids is 1. The molecular formula is C9H20N2O2S. The first kappa shape index (κ1) is 13.7. The monoisotopic (exact) mass is 220 g/mol. The summed E-state index contributed by atoms with van der Waals surface area (Å²) in [5, 5.41) is 8.53. The first-order valence-electron chi connectivity index (χ1n) is 4.78. The lowest BCUT2D eigenvalue weighted by Gasteiger charge is -2.19. The second-order valence-electron chi connectivity index (χ2n) is 3.57. The minimum Gasteiger partial charge on any atom is -0.396 e. The van der Waals surface area contributed by atoms with E-state index in [1.165, 1.54) is 0 Å². The summed E-state index contributed by atoms with van der Waals surface area (Å²) in [5.74, 6) is 1.46. The Bertz CT molecular complexity index is 174. The van der Waals surface area contributed by atoms with Gasteiger partial charge in [-0.25, -0.2) is 0 Å². The van der Waals surface area contributed by atoms with Crippen LogP contribution >= 0.6 is 11.8 Å². The molecule has 1 amide bonds. The van der Waals surface area contributed by atoms with E-state index in [-0.39, 0.29) is 6.61 Å². The van der Waals surface area contributed by atoms with E-state index in [0.29, 0.717) is 6.42 Å². The van der Waals surface area contributed by atoms with Gasteiger partial charge in [0.1, 0.15) is 0 Å². The smallest absolute Gasteiger partial charge is 0.237 e. The first-order valence-corrected chi connectivity index (χ1v) is 5.93. The van der Waals surface area contributed by atoms with Crippen molar-refractivity contribution < 1.29 is 9.90 Å². The number of thioether (sulfide) groups is 1. The van der Waals surface area contributed by atoms with Crippen molar-refractivity contribution >= 4 is 17.7 Å². The van der Waals surface area contributed by atoms with Gasteiger partial charge in [0.15, 0.2) is 0 Å². The summed E-state index contributed by atoms with van der Waals surface area (Å²) >= 11 is 1.76. The molecule has 5 N–H and O–H groups in total. The highest BCUT2D eigenvalue weighted by atomic mass is 32.2. The van der Waals surface area contributed by atoms with E-state index in [2.05, 4.69) is 0 Å². The van der Waals surface area contributed by atoms with Crippen LogP contribution in [0.1, 0.15) is 26.2 Å². The lowest BCUT2D eigenvalue weighted by atomic mass is 9.97. The summed E-state index contributed by atoms with van der Waals surface area (Å²) in [6.45, 7) is 1.90. The molecule has 0 saturated carbocycles. The zero-order chi connectivity index (χ0) is 11.0. The summed E-state index contributed by atoms with van der Waals surface area (Å²) in [5.41, 5.74) is 9.93. The van der Waals surface area contributed by atoms with Crippen LogP contribution in [0.4, 0.5) is 0 Å². The molecule has 84 valence electrons. The van der Waals surface area contributed by atoms with Gasteiger partial charge >= 0.3 is 0 Å². The quantitative estimate of drug-likeness (QED) is 0.506. The van der Waals surface area contributed by atoms with Crippen LogP contribution in [0.25, 0.3) is 0 Å². The number of primary amides is 1. The SMILES string of the molecule is CC(N)(CCCSCCCO)C(N)=O. The summed E-state index contributed by atoms with van der Waals surface area (Å²) in [4.78, 5) is 10.8. The van der Waals surface area contributed by atoms with Crippen LogP contribution in [-0.2, 0) is 4.79 Å². The molecule has 0 aliphatic heterocycles. The van der Waals surface area contributed by atoms with E-state index < -0.39 is 11.4 Å². The van der Waals surface area contributed by atoms with Crippen molar-refractivity contribution in [1.29, 1.82) is 0 Å². The zero-order valence-electron chi connectivity index (χ0n) is 8.66. The van der Waals surface area contributed by atoms with Crippen molar-refractivity contribution in [1.82, 2.24) is 0 Å². The average molecular weight is 220 g/mol. The third-order valence-electron chi connectivity index (χ3n) is 1.99. The third-order valence-corrected chi connectivity index (χ3v) is 3.15. The lowest BCUT2D eigenvalue weighted by molar-refractivity contribution is -0.122. The standard InChI is InChI=1S/C9H20N2O2S/c1-9(11,8(10)13)4-2-6-14-7-3-5-12/h12H,2-7,11H2,1H3,(H2,10,13). The second kappa shape index (κ2) is 7.09. The van der Waals surface area contributed by atoms with Gasteiger partial charge < -0.3 is 16.6 Å². The van der Waals surface area contributed by atoms with Gasteiger partial charge in [0, 0.05) is 6.61 Å². The molecule has 1 atom stereocenters. The lowest BCUT2D eigenvalue weighted by Crippen LogP contribution is -2.49. The third kappa shape index (κ3) is 6.23. The fourth-order valence-electron chi connectivity index (χ4n) is 0.933. The van der Waals surface area contributed by atoms with Crippen molar-refractivity contribution in [3.63, 3.8) is 0 Å². The van der Waals surface area contributed by atoms with E-state index in [0.717, 1.165) is 24.3 Å². The number of hydrogen-bond acceptors (Lipinski definition) is 4. The van der Waals surface area contributed by atoms with Crippen molar-refractivity contribution in [2.45, 2.75) is 31.7 Å². The fraction of sp³-hybridized carbons (Fsp3) is 0.889. The van der Waals surface area contributed by atoms with Gasteiger partial charge in [0.2, 0.25) is 5.91 Å². The molecule has 0 saturated heterocycles. The van der Waals surface area contributed by atoms with Crippen molar-refractivity contribution in [2.24, 2.45) is 11.5 Å². The Balaban J connectivity index is 3.40. The predicted octanol–water partition coefficient (Wildman–Crippen LogP) is 0.0849. The van der Waals surface area contributed by atoms with Crippen LogP contribution in [0.2, 0.25) is 0 Å². The molecule has 1 unspecified atom stereocenters. The van der Waals surface area contributed by atoms with Crippen LogP contribution in [0.3, 0.4) is 0 Å². The van der Waals surface area contributed by atoms with Gasteiger partial charge in [-0.15, -0.1) is 0 Å². The molecular weight excluding hydrogens is 200 g/mol. The highest BCUT2D eigenvalue weighted by Gasteiger charge is 2.24. The molecule has 4 nitrogen and oxygen atoms in total. The highest BCUT2D eigenvalue weighted by molar-refractivity contribution is 7.99. The summed E-state index contributed by atoms with van der Waals surface area (Å²) in [6, 6.07) is 0. The van der Waals surface area contributed by atoms with Gasteiger partial charge in [-0.05, 0) is 37.7 Å². The fourth-order valence-corrected chi connectivity index (χ4v) is 1.82. The Morgan fingerprint density at radius 3 is 2.50 bits per heavy atom. The summed E-state index contributed by atoms with van der Waals surface area (Å²) in [7, 11) is 0. The molecule has 0 aromatic heterocycles. The Kier molecular flexibility index (Phi) is 6.96. The second-order valence-corrected chi connectivity index (χ2v) is 4.80. The topological polar surface area (TPSA) is 89.3 Å². The van der Waals surface area contributed by atoms with Crippen molar-refractivity contribution in [3.05, 3.63) is 0 Å². The van der Waals surface area contributed by atoms with Gasteiger partial charge in [0.25, 0.3) is 0 Å². The molecule has 0 aromatic carbocycles. The molecule has 0 heterocycles. The maximum absolute atomic E-state index is 10.8. The number of carbonyl (C=O) groups is 1. The van der Waals surface area contributed by atoms with E-state index >= 15 is 0 Å². The normalized spacial score (nSPS) is 15.1. The van der Waals surface area contributed by atoms with Crippen LogP contribution in [0, 0.1) is 0 Å². The van der Waals surface area contributed by atoms with Gasteiger partial charge in [-0.2, -0.15) is 11.8 Å². The molecule has 0 aromatic rings. The highest BCUT2D eigenvalue weighted by Crippen LogP contribution is 2.12. The maximum atomic E-state index is 10.8. The number of aliphatic hydroxyl groups is 1. The number of amides is 1. The minimum absolute atomic E-state index is 0.239. The van der Waals surface area contributed by atoms with Crippen LogP contribution in [-0.4, -0.2) is 34.7 Å². The predicted molar refractivity (Wildman–Crippen MR) is 60.0 cm³/mol. The van der Waals surface area contributed by atoms with Crippen molar-refractivity contribution in [3.8, 4) is 0 Å². The molecule has 14 heavy (non-hydrogen) atoms. The number of aliphatic hydroxyl groups excluding tert-OH is 1.